The zero-order valence-electron chi connectivity index (χ0n) is 10.8. The minimum atomic E-state index is 0.0587. The van der Waals surface area contributed by atoms with Crippen LogP contribution in [-0.2, 0) is 17.7 Å². The second-order valence-corrected chi connectivity index (χ2v) is 5.53. The van der Waals surface area contributed by atoms with Crippen LogP contribution in [0.4, 0.5) is 0 Å². The van der Waals surface area contributed by atoms with Gasteiger partial charge in [-0.25, -0.2) is 0 Å². The molecule has 0 bridgehead atoms. The van der Waals surface area contributed by atoms with Crippen LogP contribution in [0.5, 0.6) is 0 Å². The van der Waals surface area contributed by atoms with Crippen molar-refractivity contribution in [3.8, 4) is 0 Å². The van der Waals surface area contributed by atoms with Gasteiger partial charge in [0.25, 0.3) is 0 Å². The highest BCUT2D eigenvalue weighted by molar-refractivity contribution is 4.86. The molecule has 1 unspecified atom stereocenters. The normalized spacial score (nSPS) is 21.0. The highest BCUT2D eigenvalue weighted by Gasteiger charge is 2.19. The van der Waals surface area contributed by atoms with E-state index in [2.05, 4.69) is 36.3 Å². The summed E-state index contributed by atoms with van der Waals surface area (Å²) >= 11 is 0. The van der Waals surface area contributed by atoms with Gasteiger partial charge >= 0.3 is 0 Å². The van der Waals surface area contributed by atoms with Crippen LogP contribution in [0.3, 0.4) is 0 Å². The van der Waals surface area contributed by atoms with Crippen molar-refractivity contribution in [1.82, 2.24) is 15.5 Å². The van der Waals surface area contributed by atoms with Crippen LogP contribution in [-0.4, -0.2) is 28.4 Å². The van der Waals surface area contributed by atoms with Crippen molar-refractivity contribution in [2.45, 2.75) is 58.2 Å². The Bertz CT molecular complexity index is 351. The second kappa shape index (κ2) is 5.14. The maximum atomic E-state index is 5.58. The topological polar surface area (TPSA) is 60.2 Å². The van der Waals surface area contributed by atoms with Gasteiger partial charge in [0.1, 0.15) is 0 Å². The van der Waals surface area contributed by atoms with Crippen LogP contribution >= 0.6 is 0 Å². The van der Waals surface area contributed by atoms with Gasteiger partial charge in [-0.15, -0.1) is 10.2 Å². The van der Waals surface area contributed by atoms with Crippen LogP contribution in [0.2, 0.25) is 0 Å². The summed E-state index contributed by atoms with van der Waals surface area (Å²) in [5, 5.41) is 11.4. The summed E-state index contributed by atoms with van der Waals surface area (Å²) in [5.41, 5.74) is 0.0587. The van der Waals surface area contributed by atoms with E-state index in [0.29, 0.717) is 18.3 Å². The Balaban J connectivity index is 1.83. The molecular formula is C12H21N3O2. The van der Waals surface area contributed by atoms with Crippen molar-refractivity contribution in [3.63, 3.8) is 0 Å². The molecule has 1 N–H and O–H groups in total. The predicted molar refractivity (Wildman–Crippen MR) is 63.6 cm³/mol. The van der Waals surface area contributed by atoms with Gasteiger partial charge in [-0.1, -0.05) is 0 Å². The maximum Gasteiger partial charge on any atom is 0.230 e. The fourth-order valence-corrected chi connectivity index (χ4v) is 1.78. The van der Waals surface area contributed by atoms with E-state index in [4.69, 9.17) is 9.15 Å². The van der Waals surface area contributed by atoms with Crippen molar-refractivity contribution < 1.29 is 9.15 Å². The summed E-state index contributed by atoms with van der Waals surface area (Å²) in [6.45, 7) is 7.79. The molecule has 1 aliphatic heterocycles. The van der Waals surface area contributed by atoms with E-state index in [0.717, 1.165) is 25.9 Å². The van der Waals surface area contributed by atoms with Crippen molar-refractivity contribution in [3.05, 3.63) is 11.8 Å². The third kappa shape index (κ3) is 4.09. The molecule has 2 heterocycles. The Hall–Kier alpha value is -0.940. The first-order chi connectivity index (χ1) is 8.03. The van der Waals surface area contributed by atoms with Crippen molar-refractivity contribution in [2.24, 2.45) is 0 Å². The van der Waals surface area contributed by atoms with Crippen molar-refractivity contribution >= 4 is 0 Å². The number of hydrogen-bond donors (Lipinski definition) is 1. The van der Waals surface area contributed by atoms with E-state index in [9.17, 15) is 0 Å². The molecule has 1 fully saturated rings. The van der Waals surface area contributed by atoms with E-state index >= 15 is 0 Å². The van der Waals surface area contributed by atoms with E-state index in [1.807, 2.05) is 0 Å². The fraction of sp³-hybridized carbons (Fsp3) is 0.833. The first-order valence-electron chi connectivity index (χ1n) is 6.21. The lowest BCUT2D eigenvalue weighted by molar-refractivity contribution is 0.105. The first kappa shape index (κ1) is 12.5. The lowest BCUT2D eigenvalue weighted by Gasteiger charge is -2.18. The standard InChI is InChI=1S/C12H21N3O2/c1-12(2,3)13-8-11-15-14-10(17-11)7-9-5-4-6-16-9/h9,13H,4-8H2,1-3H3. The van der Waals surface area contributed by atoms with Gasteiger partial charge in [0.15, 0.2) is 0 Å². The van der Waals surface area contributed by atoms with E-state index in [1.54, 1.807) is 0 Å². The Labute approximate surface area is 102 Å². The molecule has 1 saturated heterocycles. The van der Waals surface area contributed by atoms with Gasteiger partial charge in [-0.2, -0.15) is 0 Å². The predicted octanol–water partition coefficient (Wildman–Crippen LogP) is 1.68. The van der Waals surface area contributed by atoms with Gasteiger partial charge in [0.05, 0.1) is 19.1 Å². The van der Waals surface area contributed by atoms with E-state index in [1.165, 1.54) is 0 Å². The summed E-state index contributed by atoms with van der Waals surface area (Å²) in [5.74, 6) is 1.33. The highest BCUT2D eigenvalue weighted by atomic mass is 16.5. The molecule has 0 aliphatic carbocycles. The molecule has 5 nitrogen and oxygen atoms in total. The lowest BCUT2D eigenvalue weighted by atomic mass is 10.1. The van der Waals surface area contributed by atoms with Crippen molar-refractivity contribution in [1.29, 1.82) is 0 Å². The number of rotatable bonds is 4. The Morgan fingerprint density at radius 2 is 2.06 bits per heavy atom. The Morgan fingerprint density at radius 1 is 1.29 bits per heavy atom. The lowest BCUT2D eigenvalue weighted by Crippen LogP contribution is -2.35. The smallest absolute Gasteiger partial charge is 0.230 e. The molecule has 17 heavy (non-hydrogen) atoms. The van der Waals surface area contributed by atoms with Crippen LogP contribution < -0.4 is 5.32 Å². The molecule has 1 atom stereocenters. The monoisotopic (exact) mass is 239 g/mol. The zero-order chi connectivity index (χ0) is 12.3. The molecule has 0 spiro atoms. The number of aromatic nitrogens is 2. The summed E-state index contributed by atoms with van der Waals surface area (Å²) in [6.07, 6.45) is 3.23. The quantitative estimate of drug-likeness (QED) is 0.866. The zero-order valence-corrected chi connectivity index (χ0v) is 10.8. The van der Waals surface area contributed by atoms with Gasteiger partial charge in [0, 0.05) is 12.1 Å². The Kier molecular flexibility index (Phi) is 3.79. The molecule has 0 radical (unpaired) electrons. The number of ether oxygens (including phenoxy) is 1. The van der Waals surface area contributed by atoms with Crippen LogP contribution in [0.15, 0.2) is 4.42 Å². The molecule has 1 aliphatic rings. The number of hydrogen-bond acceptors (Lipinski definition) is 5. The Morgan fingerprint density at radius 3 is 2.71 bits per heavy atom. The SMILES string of the molecule is CC(C)(C)NCc1nnc(CC2CCCO2)o1. The number of nitrogens with zero attached hydrogens (tertiary/aromatic N) is 2. The minimum Gasteiger partial charge on any atom is -0.424 e. The molecule has 1 aromatic heterocycles. The van der Waals surface area contributed by atoms with Crippen molar-refractivity contribution in [2.75, 3.05) is 6.61 Å². The van der Waals surface area contributed by atoms with E-state index in [-0.39, 0.29) is 11.6 Å². The van der Waals surface area contributed by atoms with Crippen LogP contribution in [0.25, 0.3) is 0 Å². The third-order valence-corrected chi connectivity index (χ3v) is 2.70. The molecule has 5 heteroatoms. The van der Waals surface area contributed by atoms with E-state index < -0.39 is 0 Å². The summed E-state index contributed by atoms with van der Waals surface area (Å²) in [6, 6.07) is 0. The fourth-order valence-electron chi connectivity index (χ4n) is 1.78. The average molecular weight is 239 g/mol. The van der Waals surface area contributed by atoms with Gasteiger partial charge in [-0.3, -0.25) is 0 Å². The average Bonchev–Trinajstić information content (AvgIpc) is 2.86. The molecule has 96 valence electrons. The largest absolute Gasteiger partial charge is 0.424 e. The number of nitrogens with one attached hydrogen (secondary N) is 1. The second-order valence-electron chi connectivity index (χ2n) is 5.53. The molecular weight excluding hydrogens is 218 g/mol. The summed E-state index contributed by atoms with van der Waals surface area (Å²) < 4.78 is 11.1. The molecule has 0 saturated carbocycles. The molecule has 2 rings (SSSR count). The summed E-state index contributed by atoms with van der Waals surface area (Å²) in [4.78, 5) is 0. The first-order valence-corrected chi connectivity index (χ1v) is 6.21. The van der Waals surface area contributed by atoms with Gasteiger partial charge < -0.3 is 14.5 Å². The minimum absolute atomic E-state index is 0.0587. The highest BCUT2D eigenvalue weighted by Crippen LogP contribution is 2.16. The third-order valence-electron chi connectivity index (χ3n) is 2.70. The summed E-state index contributed by atoms with van der Waals surface area (Å²) in [7, 11) is 0. The van der Waals surface area contributed by atoms with Gasteiger partial charge in [-0.05, 0) is 33.6 Å². The van der Waals surface area contributed by atoms with Gasteiger partial charge in [0.2, 0.25) is 11.8 Å². The molecule has 0 amide bonds. The molecule has 1 aromatic rings. The van der Waals surface area contributed by atoms with Crippen LogP contribution in [0.1, 0.15) is 45.4 Å². The van der Waals surface area contributed by atoms with Crippen LogP contribution in [0, 0.1) is 0 Å². The maximum absolute atomic E-state index is 5.58. The molecule has 0 aromatic carbocycles.